The van der Waals surface area contributed by atoms with Crippen LogP contribution < -0.4 is 11.3 Å². The van der Waals surface area contributed by atoms with Crippen LogP contribution in [0.25, 0.3) is 11.3 Å². The number of nitrogens with zero attached hydrogens (tertiary/aromatic N) is 4. The number of nitrogens with two attached hydrogens (primary N) is 1. The van der Waals surface area contributed by atoms with E-state index < -0.39 is 0 Å². The normalized spacial score (nSPS) is 21.7. The number of aryl methyl sites for hydroxylation is 1. The molecule has 2 atom stereocenters. The zero-order valence-electron chi connectivity index (χ0n) is 12.6. The minimum Gasteiger partial charge on any atom is -0.308 e. The van der Waals surface area contributed by atoms with Gasteiger partial charge in [-0.3, -0.25) is 4.68 Å². The van der Waals surface area contributed by atoms with E-state index in [-0.39, 0.29) is 0 Å². The van der Waals surface area contributed by atoms with Crippen molar-refractivity contribution in [1.82, 2.24) is 19.7 Å². The van der Waals surface area contributed by atoms with Crippen LogP contribution in [0, 0.1) is 5.92 Å². The van der Waals surface area contributed by atoms with E-state index in [1.165, 1.54) is 25.7 Å². The first-order valence-corrected chi connectivity index (χ1v) is 7.54. The van der Waals surface area contributed by atoms with Crippen LogP contribution in [-0.4, -0.2) is 19.7 Å². The highest BCUT2D eigenvalue weighted by Crippen LogP contribution is 2.39. The minimum atomic E-state index is 0.443. The quantitative estimate of drug-likeness (QED) is 0.666. The Kier molecular flexibility index (Phi) is 3.88. The van der Waals surface area contributed by atoms with Crippen molar-refractivity contribution in [2.24, 2.45) is 18.8 Å². The number of rotatable bonds is 4. The predicted molar refractivity (Wildman–Crippen MR) is 82.4 cm³/mol. The summed E-state index contributed by atoms with van der Waals surface area (Å²) >= 11 is 0. The highest BCUT2D eigenvalue weighted by molar-refractivity contribution is 5.60. The summed E-state index contributed by atoms with van der Waals surface area (Å²) < 4.78 is 1.77. The molecule has 0 saturated heterocycles. The molecule has 6 nitrogen and oxygen atoms in total. The molecule has 21 heavy (non-hydrogen) atoms. The van der Waals surface area contributed by atoms with E-state index in [1.807, 2.05) is 25.5 Å². The molecule has 1 aliphatic carbocycles. The fourth-order valence-corrected chi connectivity index (χ4v) is 3.10. The lowest BCUT2D eigenvalue weighted by molar-refractivity contribution is 0.517. The number of hydrogen-bond acceptors (Lipinski definition) is 5. The van der Waals surface area contributed by atoms with Gasteiger partial charge in [0.25, 0.3) is 0 Å². The van der Waals surface area contributed by atoms with E-state index in [9.17, 15) is 0 Å². The first kappa shape index (κ1) is 14.0. The van der Waals surface area contributed by atoms with Gasteiger partial charge in [0.05, 0.1) is 11.9 Å². The molecule has 1 fully saturated rings. The van der Waals surface area contributed by atoms with E-state index in [0.29, 0.717) is 11.7 Å². The van der Waals surface area contributed by atoms with Gasteiger partial charge in [-0.05, 0) is 25.2 Å². The monoisotopic (exact) mass is 286 g/mol. The van der Waals surface area contributed by atoms with Crippen molar-refractivity contribution in [2.75, 3.05) is 5.43 Å². The van der Waals surface area contributed by atoms with Gasteiger partial charge >= 0.3 is 0 Å². The van der Waals surface area contributed by atoms with E-state index >= 15 is 0 Å². The smallest absolute Gasteiger partial charge is 0.144 e. The van der Waals surface area contributed by atoms with Gasteiger partial charge in [-0.15, -0.1) is 0 Å². The van der Waals surface area contributed by atoms with Crippen LogP contribution >= 0.6 is 0 Å². The number of anilines is 1. The van der Waals surface area contributed by atoms with Crippen LogP contribution in [0.3, 0.4) is 0 Å². The van der Waals surface area contributed by atoms with Crippen LogP contribution in [0.1, 0.15) is 44.3 Å². The van der Waals surface area contributed by atoms with Crippen molar-refractivity contribution in [3.8, 4) is 11.3 Å². The van der Waals surface area contributed by atoms with Crippen LogP contribution in [0.15, 0.2) is 18.5 Å². The Hall–Kier alpha value is -1.95. The number of hydrogen-bond donors (Lipinski definition) is 2. The second kappa shape index (κ2) is 5.81. The molecule has 2 unspecified atom stereocenters. The fraction of sp³-hybridized carbons (Fsp3) is 0.533. The molecule has 0 amide bonds. The second-order valence-electron chi connectivity index (χ2n) is 5.83. The van der Waals surface area contributed by atoms with Gasteiger partial charge < -0.3 is 5.43 Å². The SMILES string of the molecule is CCC1CCC(c2nc(NN)cc(-c3cnn(C)c3)n2)C1. The van der Waals surface area contributed by atoms with Gasteiger partial charge in [0, 0.05) is 30.8 Å². The maximum Gasteiger partial charge on any atom is 0.144 e. The van der Waals surface area contributed by atoms with Crippen molar-refractivity contribution >= 4 is 5.82 Å². The third kappa shape index (κ3) is 2.90. The standard InChI is InChI=1S/C15H22N6/c1-3-10-4-5-11(6-10)15-18-13(7-14(19-15)20-16)12-8-17-21(2)9-12/h7-11H,3-6,16H2,1-2H3,(H,18,19,20). The van der Waals surface area contributed by atoms with E-state index in [0.717, 1.165) is 23.0 Å². The molecule has 2 heterocycles. The average molecular weight is 286 g/mol. The lowest BCUT2D eigenvalue weighted by atomic mass is 10.0. The van der Waals surface area contributed by atoms with Crippen LogP contribution in [0.5, 0.6) is 0 Å². The highest BCUT2D eigenvalue weighted by Gasteiger charge is 2.27. The molecule has 0 bridgehead atoms. The molecule has 3 N–H and O–H groups in total. The van der Waals surface area contributed by atoms with E-state index in [2.05, 4.69) is 22.4 Å². The first-order valence-electron chi connectivity index (χ1n) is 7.54. The molecular formula is C15H22N6. The Balaban J connectivity index is 1.94. The Morgan fingerprint density at radius 3 is 2.86 bits per heavy atom. The molecule has 3 rings (SSSR count). The number of aromatic nitrogens is 4. The molecule has 6 heteroatoms. The van der Waals surface area contributed by atoms with Gasteiger partial charge in [0.1, 0.15) is 11.6 Å². The number of nitrogen functional groups attached to an aromatic ring is 1. The molecule has 0 spiro atoms. The lowest BCUT2D eigenvalue weighted by Crippen LogP contribution is -2.12. The maximum atomic E-state index is 5.56. The first-order chi connectivity index (χ1) is 10.2. The Morgan fingerprint density at radius 1 is 1.38 bits per heavy atom. The largest absolute Gasteiger partial charge is 0.308 e. The van der Waals surface area contributed by atoms with Crippen molar-refractivity contribution < 1.29 is 0 Å². The van der Waals surface area contributed by atoms with Gasteiger partial charge in [-0.2, -0.15) is 5.10 Å². The van der Waals surface area contributed by atoms with Crippen molar-refractivity contribution in [3.05, 3.63) is 24.3 Å². The summed E-state index contributed by atoms with van der Waals surface area (Å²) in [6, 6.07) is 1.87. The van der Waals surface area contributed by atoms with E-state index in [4.69, 9.17) is 10.8 Å². The summed E-state index contributed by atoms with van der Waals surface area (Å²) in [6.07, 6.45) is 8.62. The average Bonchev–Trinajstić information content (AvgIpc) is 3.15. The van der Waals surface area contributed by atoms with Gasteiger partial charge in [0.15, 0.2) is 0 Å². The molecule has 112 valence electrons. The van der Waals surface area contributed by atoms with Crippen LogP contribution in [0.2, 0.25) is 0 Å². The van der Waals surface area contributed by atoms with Crippen molar-refractivity contribution in [2.45, 2.75) is 38.5 Å². The van der Waals surface area contributed by atoms with Crippen LogP contribution in [0.4, 0.5) is 5.82 Å². The summed E-state index contributed by atoms with van der Waals surface area (Å²) in [5.41, 5.74) is 4.52. The number of nitrogens with one attached hydrogen (secondary N) is 1. The van der Waals surface area contributed by atoms with Crippen LogP contribution in [-0.2, 0) is 7.05 Å². The van der Waals surface area contributed by atoms with Gasteiger partial charge in [-0.25, -0.2) is 15.8 Å². The fourth-order valence-electron chi connectivity index (χ4n) is 3.10. The van der Waals surface area contributed by atoms with Gasteiger partial charge in [-0.1, -0.05) is 13.3 Å². The number of hydrazine groups is 1. The Labute approximate surface area is 124 Å². The Morgan fingerprint density at radius 2 is 2.24 bits per heavy atom. The minimum absolute atomic E-state index is 0.443. The van der Waals surface area contributed by atoms with Crippen molar-refractivity contribution in [1.29, 1.82) is 0 Å². The summed E-state index contributed by atoms with van der Waals surface area (Å²) in [5.74, 6) is 8.37. The molecular weight excluding hydrogens is 264 g/mol. The topological polar surface area (TPSA) is 81.6 Å². The summed E-state index contributed by atoms with van der Waals surface area (Å²) in [6.45, 7) is 2.26. The summed E-state index contributed by atoms with van der Waals surface area (Å²) in [4.78, 5) is 9.32. The maximum absolute atomic E-state index is 5.56. The highest BCUT2D eigenvalue weighted by atomic mass is 15.3. The molecule has 0 aliphatic heterocycles. The molecule has 1 aliphatic rings. The predicted octanol–water partition coefficient (Wildman–Crippen LogP) is 2.46. The third-order valence-corrected chi connectivity index (χ3v) is 4.38. The molecule has 2 aromatic rings. The molecule has 0 radical (unpaired) electrons. The third-order valence-electron chi connectivity index (χ3n) is 4.38. The Bertz CT molecular complexity index is 620. The lowest BCUT2D eigenvalue weighted by Gasteiger charge is -2.12. The zero-order chi connectivity index (χ0) is 14.8. The van der Waals surface area contributed by atoms with Gasteiger partial charge in [0.2, 0.25) is 0 Å². The van der Waals surface area contributed by atoms with Crippen molar-refractivity contribution in [3.63, 3.8) is 0 Å². The zero-order valence-corrected chi connectivity index (χ0v) is 12.6. The molecule has 1 saturated carbocycles. The molecule has 2 aromatic heterocycles. The summed E-state index contributed by atoms with van der Waals surface area (Å²) in [5, 5.41) is 4.21. The second-order valence-corrected chi connectivity index (χ2v) is 5.83. The molecule has 0 aromatic carbocycles. The summed E-state index contributed by atoms with van der Waals surface area (Å²) in [7, 11) is 1.90. The van der Waals surface area contributed by atoms with E-state index in [1.54, 1.807) is 4.68 Å².